The van der Waals surface area contributed by atoms with Gasteiger partial charge in [-0.1, -0.05) is 6.07 Å². The van der Waals surface area contributed by atoms with Crippen LogP contribution in [0.3, 0.4) is 0 Å². The summed E-state index contributed by atoms with van der Waals surface area (Å²) in [6, 6.07) is 6.95. The molecule has 136 valence electrons. The molecule has 26 heavy (non-hydrogen) atoms. The van der Waals surface area contributed by atoms with E-state index in [9.17, 15) is 24.1 Å². The van der Waals surface area contributed by atoms with Crippen molar-refractivity contribution in [3.05, 3.63) is 57.9 Å². The van der Waals surface area contributed by atoms with Gasteiger partial charge in [0.05, 0.1) is 22.7 Å². The lowest BCUT2D eigenvalue weighted by molar-refractivity contribution is -0.384. The fraction of sp³-hybridized carbons (Fsp3) is 0.176. The zero-order valence-corrected chi connectivity index (χ0v) is 13.7. The van der Waals surface area contributed by atoms with Gasteiger partial charge >= 0.3 is 5.97 Å². The molecule has 0 aliphatic heterocycles. The number of rotatable bonds is 7. The second-order valence-corrected chi connectivity index (χ2v) is 5.06. The fourth-order valence-electron chi connectivity index (χ4n) is 2.34. The van der Waals surface area contributed by atoms with Crippen molar-refractivity contribution in [2.45, 2.75) is 6.92 Å². The van der Waals surface area contributed by atoms with Crippen LogP contribution in [0.5, 0.6) is 5.75 Å². The van der Waals surface area contributed by atoms with Gasteiger partial charge in [0.25, 0.3) is 5.69 Å². The van der Waals surface area contributed by atoms with E-state index < -0.39 is 34.9 Å². The Morgan fingerprint density at radius 3 is 2.62 bits per heavy atom. The van der Waals surface area contributed by atoms with Gasteiger partial charge in [-0.15, -0.1) is 0 Å². The molecule has 8 nitrogen and oxygen atoms in total. The van der Waals surface area contributed by atoms with Crippen LogP contribution < -0.4 is 10.5 Å². The van der Waals surface area contributed by atoms with Crippen LogP contribution in [0.4, 0.5) is 10.1 Å². The Kier molecular flexibility index (Phi) is 5.84. The van der Waals surface area contributed by atoms with E-state index >= 15 is 0 Å². The standard InChI is InChI=1S/C17H15FN2O6/c1-2-25-15(21)9-26-14-7-6-10(18)8-12(14)16-11(17(19)22)4-3-5-13(16)20(23)24/h3-8H,2,9H2,1H3,(H2,19,22). The zero-order valence-electron chi connectivity index (χ0n) is 13.7. The van der Waals surface area contributed by atoms with Gasteiger partial charge in [-0.05, 0) is 31.2 Å². The molecular weight excluding hydrogens is 347 g/mol. The van der Waals surface area contributed by atoms with Crippen molar-refractivity contribution >= 4 is 17.6 Å². The Hall–Kier alpha value is -3.49. The number of nitro groups is 1. The number of halogens is 1. The van der Waals surface area contributed by atoms with Crippen molar-refractivity contribution in [1.29, 1.82) is 0 Å². The number of esters is 1. The number of hydrogen-bond donors (Lipinski definition) is 1. The highest BCUT2D eigenvalue weighted by atomic mass is 19.1. The van der Waals surface area contributed by atoms with E-state index in [-0.39, 0.29) is 29.0 Å². The van der Waals surface area contributed by atoms with Crippen molar-refractivity contribution in [2.75, 3.05) is 13.2 Å². The number of carbonyl (C=O) groups is 2. The molecule has 0 heterocycles. The minimum Gasteiger partial charge on any atom is -0.481 e. The molecule has 0 aromatic heterocycles. The van der Waals surface area contributed by atoms with Gasteiger partial charge in [0.15, 0.2) is 6.61 Å². The molecule has 2 N–H and O–H groups in total. The summed E-state index contributed by atoms with van der Waals surface area (Å²) in [6.45, 7) is 1.28. The van der Waals surface area contributed by atoms with Gasteiger partial charge in [-0.2, -0.15) is 0 Å². The molecule has 0 saturated carbocycles. The number of amides is 1. The molecule has 1 amide bonds. The Morgan fingerprint density at radius 2 is 2.00 bits per heavy atom. The average molecular weight is 362 g/mol. The maximum Gasteiger partial charge on any atom is 0.344 e. The summed E-state index contributed by atoms with van der Waals surface area (Å²) < 4.78 is 23.8. The molecule has 2 aromatic rings. The Morgan fingerprint density at radius 1 is 1.27 bits per heavy atom. The minimum absolute atomic E-state index is 0.0312. The summed E-state index contributed by atoms with van der Waals surface area (Å²) in [7, 11) is 0. The topological polar surface area (TPSA) is 122 Å². The molecular formula is C17H15FN2O6. The van der Waals surface area contributed by atoms with Crippen LogP contribution in [-0.2, 0) is 9.53 Å². The molecule has 0 atom stereocenters. The number of primary amides is 1. The van der Waals surface area contributed by atoms with E-state index in [4.69, 9.17) is 15.2 Å². The summed E-state index contributed by atoms with van der Waals surface area (Å²) >= 11 is 0. The molecule has 0 aliphatic carbocycles. The van der Waals surface area contributed by atoms with Gasteiger partial charge in [-0.25, -0.2) is 9.18 Å². The van der Waals surface area contributed by atoms with Crippen molar-refractivity contribution < 1.29 is 28.4 Å². The third-order valence-corrected chi connectivity index (χ3v) is 3.37. The van der Waals surface area contributed by atoms with E-state index in [1.54, 1.807) is 6.92 Å². The quantitative estimate of drug-likeness (QED) is 0.459. The van der Waals surface area contributed by atoms with Gasteiger partial charge in [-0.3, -0.25) is 14.9 Å². The summed E-state index contributed by atoms with van der Waals surface area (Å²) in [5, 5.41) is 11.4. The monoisotopic (exact) mass is 362 g/mol. The SMILES string of the molecule is CCOC(=O)COc1ccc(F)cc1-c1c(C(N)=O)cccc1[N+](=O)[O-]. The van der Waals surface area contributed by atoms with Crippen LogP contribution in [0, 0.1) is 15.9 Å². The number of carbonyl (C=O) groups excluding carboxylic acids is 2. The predicted octanol–water partition coefficient (Wildman–Crippen LogP) is 2.44. The highest BCUT2D eigenvalue weighted by Gasteiger charge is 2.25. The molecule has 2 aromatic carbocycles. The Bertz CT molecular complexity index is 836. The number of nitrogens with zero attached hydrogens (tertiary/aromatic N) is 1. The third kappa shape index (κ3) is 4.12. The number of ether oxygens (including phenoxy) is 2. The van der Waals surface area contributed by atoms with E-state index in [2.05, 4.69) is 0 Å². The first-order chi connectivity index (χ1) is 12.3. The van der Waals surface area contributed by atoms with Crippen LogP contribution >= 0.6 is 0 Å². The maximum atomic E-state index is 13.8. The normalized spacial score (nSPS) is 10.2. The third-order valence-electron chi connectivity index (χ3n) is 3.37. The summed E-state index contributed by atoms with van der Waals surface area (Å²) in [5.41, 5.74) is 4.41. The molecule has 0 spiro atoms. The summed E-state index contributed by atoms with van der Waals surface area (Å²) in [6.07, 6.45) is 0. The van der Waals surface area contributed by atoms with Crippen molar-refractivity contribution in [1.82, 2.24) is 0 Å². The largest absolute Gasteiger partial charge is 0.481 e. The van der Waals surface area contributed by atoms with Crippen LogP contribution in [0.2, 0.25) is 0 Å². The fourth-order valence-corrected chi connectivity index (χ4v) is 2.34. The first-order valence-electron chi connectivity index (χ1n) is 7.50. The molecule has 9 heteroatoms. The molecule has 2 rings (SSSR count). The van der Waals surface area contributed by atoms with E-state index in [0.717, 1.165) is 18.2 Å². The van der Waals surface area contributed by atoms with Crippen molar-refractivity contribution in [2.24, 2.45) is 5.73 Å². The first-order valence-corrected chi connectivity index (χ1v) is 7.50. The Labute approximate surface area is 147 Å². The molecule has 0 aliphatic rings. The zero-order chi connectivity index (χ0) is 19.3. The molecule has 0 fully saturated rings. The molecule has 0 saturated heterocycles. The lowest BCUT2D eigenvalue weighted by atomic mass is 9.96. The summed E-state index contributed by atoms with van der Waals surface area (Å²) in [4.78, 5) is 33.8. The number of nitro benzene ring substituents is 1. The second kappa shape index (κ2) is 8.06. The van der Waals surface area contributed by atoms with E-state index in [1.807, 2.05) is 0 Å². The highest BCUT2D eigenvalue weighted by Crippen LogP contribution is 2.39. The maximum absolute atomic E-state index is 13.8. The van der Waals surface area contributed by atoms with Gasteiger partial charge in [0.1, 0.15) is 11.6 Å². The first kappa shape index (κ1) is 18.8. The number of nitrogens with two attached hydrogens (primary N) is 1. The van der Waals surface area contributed by atoms with E-state index in [1.165, 1.54) is 18.2 Å². The van der Waals surface area contributed by atoms with Gasteiger partial charge in [0, 0.05) is 11.6 Å². The smallest absolute Gasteiger partial charge is 0.344 e. The van der Waals surface area contributed by atoms with Crippen molar-refractivity contribution in [3.8, 4) is 16.9 Å². The van der Waals surface area contributed by atoms with Gasteiger partial charge < -0.3 is 15.2 Å². The second-order valence-electron chi connectivity index (χ2n) is 5.06. The van der Waals surface area contributed by atoms with E-state index in [0.29, 0.717) is 0 Å². The Balaban J connectivity index is 2.61. The van der Waals surface area contributed by atoms with Crippen LogP contribution in [-0.4, -0.2) is 30.0 Å². The molecule has 0 bridgehead atoms. The lowest BCUT2D eigenvalue weighted by Crippen LogP contribution is -2.16. The average Bonchev–Trinajstić information content (AvgIpc) is 2.60. The van der Waals surface area contributed by atoms with Gasteiger partial charge in [0.2, 0.25) is 5.91 Å². The predicted molar refractivity (Wildman–Crippen MR) is 89.1 cm³/mol. The van der Waals surface area contributed by atoms with Crippen molar-refractivity contribution in [3.63, 3.8) is 0 Å². The van der Waals surface area contributed by atoms with Crippen LogP contribution in [0.25, 0.3) is 11.1 Å². The van der Waals surface area contributed by atoms with Crippen LogP contribution in [0.1, 0.15) is 17.3 Å². The number of hydrogen-bond acceptors (Lipinski definition) is 6. The number of benzene rings is 2. The lowest BCUT2D eigenvalue weighted by Gasteiger charge is -2.14. The minimum atomic E-state index is -0.927. The highest BCUT2D eigenvalue weighted by molar-refractivity contribution is 6.03. The summed E-state index contributed by atoms with van der Waals surface area (Å²) in [5.74, 6) is -2.34. The van der Waals surface area contributed by atoms with Crippen LogP contribution in [0.15, 0.2) is 36.4 Å². The molecule has 0 unspecified atom stereocenters. The molecule has 0 radical (unpaired) electrons.